The Morgan fingerprint density at radius 3 is 2.83 bits per heavy atom. The van der Waals surface area contributed by atoms with Crippen LogP contribution in [0.2, 0.25) is 0 Å². The molecule has 94 valence electrons. The summed E-state index contributed by atoms with van der Waals surface area (Å²) in [5, 5.41) is 6.23. The van der Waals surface area contributed by atoms with Crippen molar-refractivity contribution >= 4 is 33.4 Å². The maximum absolute atomic E-state index is 4.34. The molecule has 0 saturated carbocycles. The zero-order valence-electron chi connectivity index (χ0n) is 10.4. The van der Waals surface area contributed by atoms with Gasteiger partial charge in [0.05, 0.1) is 0 Å². The molecule has 0 bridgehead atoms. The Morgan fingerprint density at radius 2 is 2.11 bits per heavy atom. The molecule has 0 atom stereocenters. The lowest BCUT2D eigenvalue weighted by Crippen LogP contribution is -2.01. The van der Waals surface area contributed by atoms with Gasteiger partial charge < -0.3 is 10.6 Å². The van der Waals surface area contributed by atoms with Crippen LogP contribution in [0.3, 0.4) is 0 Å². The number of benzene rings is 1. The zero-order chi connectivity index (χ0) is 13.0. The van der Waals surface area contributed by atoms with Crippen molar-refractivity contribution < 1.29 is 0 Å². The van der Waals surface area contributed by atoms with E-state index in [9.17, 15) is 0 Å². The minimum atomic E-state index is 0.607. The summed E-state index contributed by atoms with van der Waals surface area (Å²) in [5.74, 6) is 1.39. The molecule has 1 aromatic heterocycles. The van der Waals surface area contributed by atoms with Gasteiger partial charge in [-0.25, -0.2) is 4.98 Å². The predicted octanol–water partition coefficient (Wildman–Crippen LogP) is 3.59. The van der Waals surface area contributed by atoms with E-state index >= 15 is 0 Å². The fraction of sp³-hybridized carbons (Fsp3) is 0.231. The molecule has 0 saturated heterocycles. The van der Waals surface area contributed by atoms with Gasteiger partial charge in [0, 0.05) is 23.4 Å². The minimum absolute atomic E-state index is 0.607. The number of rotatable bonds is 4. The maximum Gasteiger partial charge on any atom is 0.224 e. The molecule has 5 heteroatoms. The van der Waals surface area contributed by atoms with Gasteiger partial charge >= 0.3 is 0 Å². The topological polar surface area (TPSA) is 49.8 Å². The van der Waals surface area contributed by atoms with Gasteiger partial charge in [-0.2, -0.15) is 4.98 Å². The van der Waals surface area contributed by atoms with Crippen LogP contribution in [-0.2, 0) is 6.42 Å². The maximum atomic E-state index is 4.34. The molecular weight excluding hydrogens is 292 g/mol. The first-order chi connectivity index (χ1) is 8.72. The van der Waals surface area contributed by atoms with E-state index in [1.807, 2.05) is 18.2 Å². The Kier molecular flexibility index (Phi) is 4.15. The standard InChI is InChI=1S/C13H15BrN4/c1-3-9-8-10(14)4-5-11(9)17-12-6-7-16-13(15-2)18-12/h4-8H,3H2,1-2H3,(H2,15,16,17,18). The van der Waals surface area contributed by atoms with Crippen molar-refractivity contribution in [1.82, 2.24) is 9.97 Å². The molecule has 0 spiro atoms. The largest absolute Gasteiger partial charge is 0.357 e. The van der Waals surface area contributed by atoms with Crippen LogP contribution in [0.5, 0.6) is 0 Å². The first-order valence-corrected chi connectivity index (χ1v) is 6.58. The normalized spacial score (nSPS) is 10.2. The molecule has 0 unspecified atom stereocenters. The number of nitrogens with one attached hydrogen (secondary N) is 2. The average molecular weight is 307 g/mol. The van der Waals surface area contributed by atoms with E-state index in [-0.39, 0.29) is 0 Å². The first-order valence-electron chi connectivity index (χ1n) is 5.79. The molecule has 2 rings (SSSR count). The molecule has 0 aliphatic carbocycles. The summed E-state index contributed by atoms with van der Waals surface area (Å²) < 4.78 is 1.09. The van der Waals surface area contributed by atoms with Crippen LogP contribution in [-0.4, -0.2) is 17.0 Å². The summed E-state index contributed by atoms with van der Waals surface area (Å²) in [4.78, 5) is 8.43. The van der Waals surface area contributed by atoms with Crippen molar-refractivity contribution in [3.05, 3.63) is 40.5 Å². The Balaban J connectivity index is 2.27. The quantitative estimate of drug-likeness (QED) is 0.906. The fourth-order valence-corrected chi connectivity index (χ4v) is 2.07. The summed E-state index contributed by atoms with van der Waals surface area (Å²) in [6.07, 6.45) is 2.69. The van der Waals surface area contributed by atoms with E-state index in [0.717, 1.165) is 22.4 Å². The lowest BCUT2D eigenvalue weighted by molar-refractivity contribution is 1.12. The number of halogens is 1. The summed E-state index contributed by atoms with van der Waals surface area (Å²) >= 11 is 3.48. The van der Waals surface area contributed by atoms with Crippen LogP contribution in [0.25, 0.3) is 0 Å². The number of aromatic nitrogens is 2. The lowest BCUT2D eigenvalue weighted by atomic mass is 10.1. The van der Waals surface area contributed by atoms with Crippen LogP contribution in [0.1, 0.15) is 12.5 Å². The van der Waals surface area contributed by atoms with Gasteiger partial charge in [0.25, 0.3) is 0 Å². The zero-order valence-corrected chi connectivity index (χ0v) is 12.0. The van der Waals surface area contributed by atoms with Gasteiger partial charge in [-0.05, 0) is 36.2 Å². The molecule has 0 aliphatic heterocycles. The van der Waals surface area contributed by atoms with E-state index in [1.54, 1.807) is 13.2 Å². The summed E-state index contributed by atoms with van der Waals surface area (Å²) in [6.45, 7) is 2.13. The van der Waals surface area contributed by atoms with Gasteiger partial charge in [0.1, 0.15) is 5.82 Å². The summed E-state index contributed by atoms with van der Waals surface area (Å²) in [6, 6.07) is 8.02. The third-order valence-corrected chi connectivity index (χ3v) is 3.08. The molecule has 2 aromatic rings. The van der Waals surface area contributed by atoms with E-state index in [1.165, 1.54) is 5.56 Å². The van der Waals surface area contributed by atoms with E-state index in [0.29, 0.717) is 5.95 Å². The number of nitrogens with zero attached hydrogens (tertiary/aromatic N) is 2. The SMILES string of the molecule is CCc1cc(Br)ccc1Nc1ccnc(NC)n1. The lowest BCUT2D eigenvalue weighted by Gasteiger charge is -2.11. The Morgan fingerprint density at radius 1 is 1.28 bits per heavy atom. The second-order valence-corrected chi connectivity index (χ2v) is 4.71. The van der Waals surface area contributed by atoms with Crippen LogP contribution < -0.4 is 10.6 Å². The molecule has 1 aromatic carbocycles. The van der Waals surface area contributed by atoms with Crippen molar-refractivity contribution in [1.29, 1.82) is 0 Å². The van der Waals surface area contributed by atoms with Crippen LogP contribution >= 0.6 is 15.9 Å². The number of aryl methyl sites for hydroxylation is 1. The molecule has 0 amide bonds. The Bertz CT molecular complexity index is 542. The molecule has 18 heavy (non-hydrogen) atoms. The van der Waals surface area contributed by atoms with Crippen molar-refractivity contribution in [2.75, 3.05) is 17.7 Å². The first kappa shape index (κ1) is 12.8. The van der Waals surface area contributed by atoms with Crippen molar-refractivity contribution in [2.45, 2.75) is 13.3 Å². The van der Waals surface area contributed by atoms with Crippen LogP contribution in [0.15, 0.2) is 34.9 Å². The molecular formula is C13H15BrN4. The number of anilines is 3. The highest BCUT2D eigenvalue weighted by molar-refractivity contribution is 9.10. The van der Waals surface area contributed by atoms with Crippen molar-refractivity contribution in [2.24, 2.45) is 0 Å². The highest BCUT2D eigenvalue weighted by Gasteiger charge is 2.03. The summed E-state index contributed by atoms with van der Waals surface area (Å²) in [5.41, 5.74) is 2.32. The third kappa shape index (κ3) is 2.98. The predicted molar refractivity (Wildman–Crippen MR) is 78.4 cm³/mol. The van der Waals surface area contributed by atoms with Gasteiger partial charge in [-0.15, -0.1) is 0 Å². The van der Waals surface area contributed by atoms with Crippen LogP contribution in [0, 0.1) is 0 Å². The monoisotopic (exact) mass is 306 g/mol. The number of hydrogen-bond acceptors (Lipinski definition) is 4. The molecule has 0 fully saturated rings. The minimum Gasteiger partial charge on any atom is -0.357 e. The highest BCUT2D eigenvalue weighted by Crippen LogP contribution is 2.24. The van der Waals surface area contributed by atoms with E-state index < -0.39 is 0 Å². The number of hydrogen-bond donors (Lipinski definition) is 2. The second kappa shape index (κ2) is 5.82. The highest BCUT2D eigenvalue weighted by atomic mass is 79.9. The van der Waals surface area contributed by atoms with Crippen molar-refractivity contribution in [3.8, 4) is 0 Å². The van der Waals surface area contributed by atoms with E-state index in [4.69, 9.17) is 0 Å². The van der Waals surface area contributed by atoms with Gasteiger partial charge in [-0.3, -0.25) is 0 Å². The molecule has 2 N–H and O–H groups in total. The third-order valence-electron chi connectivity index (χ3n) is 2.59. The average Bonchev–Trinajstić information content (AvgIpc) is 2.41. The van der Waals surface area contributed by atoms with Crippen molar-refractivity contribution in [3.63, 3.8) is 0 Å². The molecule has 0 radical (unpaired) electrons. The van der Waals surface area contributed by atoms with Gasteiger partial charge in [0.15, 0.2) is 0 Å². The van der Waals surface area contributed by atoms with Crippen LogP contribution in [0.4, 0.5) is 17.5 Å². The summed E-state index contributed by atoms with van der Waals surface area (Å²) in [7, 11) is 1.80. The molecule has 1 heterocycles. The molecule has 0 aliphatic rings. The smallest absolute Gasteiger partial charge is 0.224 e. The molecule has 4 nitrogen and oxygen atoms in total. The second-order valence-electron chi connectivity index (χ2n) is 3.80. The Hall–Kier alpha value is -1.62. The van der Waals surface area contributed by atoms with Gasteiger partial charge in [-0.1, -0.05) is 22.9 Å². The Labute approximate surface area is 115 Å². The van der Waals surface area contributed by atoms with Gasteiger partial charge in [0.2, 0.25) is 5.95 Å². The fourth-order valence-electron chi connectivity index (χ4n) is 1.66. The van der Waals surface area contributed by atoms with E-state index in [2.05, 4.69) is 49.5 Å².